The van der Waals surface area contributed by atoms with Gasteiger partial charge in [0, 0.05) is 38.6 Å². The van der Waals surface area contributed by atoms with E-state index < -0.39 is 0 Å². The molecule has 1 aliphatic heterocycles. The summed E-state index contributed by atoms with van der Waals surface area (Å²) in [6.45, 7) is 3.51. The van der Waals surface area contributed by atoms with Crippen LogP contribution in [-0.4, -0.2) is 58.4 Å². The minimum atomic E-state index is -0.326. The second kappa shape index (κ2) is 5.79. The molecule has 0 bridgehead atoms. The number of piperazine rings is 1. The smallest absolute Gasteiger partial charge is 0.240 e. The van der Waals surface area contributed by atoms with Crippen LogP contribution in [-0.2, 0) is 11.2 Å². The highest BCUT2D eigenvalue weighted by Crippen LogP contribution is 2.07. The number of carbonyl (C=O) groups is 1. The molecule has 1 amide bonds. The lowest BCUT2D eigenvalue weighted by atomic mass is 10.3. The Morgan fingerprint density at radius 1 is 1.29 bits per heavy atom. The summed E-state index contributed by atoms with van der Waals surface area (Å²) in [4.78, 5) is 18.5. The Labute approximate surface area is 122 Å². The summed E-state index contributed by atoms with van der Waals surface area (Å²) in [6.07, 6.45) is 3.22. The first-order valence-electron chi connectivity index (χ1n) is 6.96. The van der Waals surface area contributed by atoms with Crippen LogP contribution >= 0.6 is 0 Å². The number of halogens is 1. The molecule has 7 heteroatoms. The molecule has 2 aromatic heterocycles. The van der Waals surface area contributed by atoms with Crippen molar-refractivity contribution in [2.75, 3.05) is 33.2 Å². The summed E-state index contributed by atoms with van der Waals surface area (Å²) in [7, 11) is 2.06. The highest BCUT2D eigenvalue weighted by molar-refractivity contribution is 5.77. The molecule has 1 N–H and O–H groups in total. The second-order valence-corrected chi connectivity index (χ2v) is 5.35. The lowest BCUT2D eigenvalue weighted by molar-refractivity contribution is -0.126. The first-order valence-corrected chi connectivity index (χ1v) is 6.96. The van der Waals surface area contributed by atoms with Crippen molar-refractivity contribution in [3.63, 3.8) is 0 Å². The number of imidazole rings is 1. The van der Waals surface area contributed by atoms with E-state index in [1.54, 1.807) is 16.7 Å². The quantitative estimate of drug-likeness (QED) is 0.883. The summed E-state index contributed by atoms with van der Waals surface area (Å²) in [5.74, 6) is -0.420. The van der Waals surface area contributed by atoms with Gasteiger partial charge in [0.25, 0.3) is 0 Å². The van der Waals surface area contributed by atoms with E-state index in [0.717, 1.165) is 26.2 Å². The van der Waals surface area contributed by atoms with E-state index in [2.05, 4.69) is 22.4 Å². The molecular formula is C14H18FN5O. The van der Waals surface area contributed by atoms with E-state index in [9.17, 15) is 9.18 Å². The van der Waals surface area contributed by atoms with E-state index in [0.29, 0.717) is 11.3 Å². The summed E-state index contributed by atoms with van der Waals surface area (Å²) < 4.78 is 14.7. The number of fused-ring (bicyclic) bond motifs is 1. The molecule has 1 saturated heterocycles. The van der Waals surface area contributed by atoms with E-state index >= 15 is 0 Å². The number of hydrogen-bond donors (Lipinski definition) is 1. The van der Waals surface area contributed by atoms with E-state index in [4.69, 9.17) is 0 Å². The van der Waals surface area contributed by atoms with E-state index in [1.807, 2.05) is 5.01 Å². The SMILES string of the molecule is CN1CCN(NC(=O)Cc2cn3cc(F)ccc3n2)CC1. The number of hydrogen-bond acceptors (Lipinski definition) is 4. The van der Waals surface area contributed by atoms with Crippen molar-refractivity contribution in [1.29, 1.82) is 0 Å². The van der Waals surface area contributed by atoms with Crippen molar-refractivity contribution >= 4 is 11.6 Å². The van der Waals surface area contributed by atoms with Crippen molar-refractivity contribution in [1.82, 2.24) is 24.7 Å². The Kier molecular flexibility index (Phi) is 3.85. The van der Waals surface area contributed by atoms with Crippen LogP contribution in [0.25, 0.3) is 5.65 Å². The van der Waals surface area contributed by atoms with Gasteiger partial charge in [0.05, 0.1) is 12.1 Å². The van der Waals surface area contributed by atoms with Gasteiger partial charge in [-0.25, -0.2) is 14.4 Å². The Morgan fingerprint density at radius 2 is 2.05 bits per heavy atom. The molecule has 3 heterocycles. The highest BCUT2D eigenvalue weighted by Gasteiger charge is 2.16. The van der Waals surface area contributed by atoms with Crippen LogP contribution in [0.4, 0.5) is 4.39 Å². The number of amides is 1. The molecule has 0 saturated carbocycles. The van der Waals surface area contributed by atoms with Crippen LogP contribution in [0.5, 0.6) is 0 Å². The maximum Gasteiger partial charge on any atom is 0.240 e. The zero-order chi connectivity index (χ0) is 14.8. The fourth-order valence-electron chi connectivity index (χ4n) is 2.40. The summed E-state index contributed by atoms with van der Waals surface area (Å²) in [6, 6.07) is 2.95. The number of likely N-dealkylation sites (N-methyl/N-ethyl adjacent to an activating group) is 1. The van der Waals surface area contributed by atoms with Crippen molar-refractivity contribution in [2.45, 2.75) is 6.42 Å². The second-order valence-electron chi connectivity index (χ2n) is 5.35. The topological polar surface area (TPSA) is 52.9 Å². The van der Waals surface area contributed by atoms with Crippen LogP contribution in [0.15, 0.2) is 24.5 Å². The lowest BCUT2D eigenvalue weighted by Crippen LogP contribution is -2.52. The van der Waals surface area contributed by atoms with E-state index in [1.165, 1.54) is 12.3 Å². The summed E-state index contributed by atoms with van der Waals surface area (Å²) >= 11 is 0. The first-order chi connectivity index (χ1) is 10.1. The molecule has 0 aromatic carbocycles. The fourth-order valence-corrected chi connectivity index (χ4v) is 2.40. The normalized spacial score (nSPS) is 17.2. The predicted octanol–water partition coefficient (Wildman–Crippen LogP) is 0.294. The number of pyridine rings is 1. The third kappa shape index (κ3) is 3.37. The molecular weight excluding hydrogens is 273 g/mol. The maximum atomic E-state index is 13.1. The third-order valence-corrected chi connectivity index (χ3v) is 3.59. The molecule has 1 aliphatic rings. The number of rotatable bonds is 3. The monoisotopic (exact) mass is 291 g/mol. The zero-order valence-electron chi connectivity index (χ0n) is 11.9. The maximum absolute atomic E-state index is 13.1. The van der Waals surface area contributed by atoms with Crippen LogP contribution in [0, 0.1) is 5.82 Å². The van der Waals surface area contributed by atoms with E-state index in [-0.39, 0.29) is 18.1 Å². The van der Waals surface area contributed by atoms with Gasteiger partial charge in [-0.15, -0.1) is 0 Å². The average molecular weight is 291 g/mol. The van der Waals surface area contributed by atoms with Crippen molar-refractivity contribution in [2.24, 2.45) is 0 Å². The van der Waals surface area contributed by atoms with Gasteiger partial charge in [-0.1, -0.05) is 0 Å². The Hall–Kier alpha value is -1.99. The zero-order valence-corrected chi connectivity index (χ0v) is 11.9. The number of nitrogens with zero attached hydrogens (tertiary/aromatic N) is 4. The van der Waals surface area contributed by atoms with Gasteiger partial charge in [0.2, 0.25) is 5.91 Å². The molecule has 0 radical (unpaired) electrons. The van der Waals surface area contributed by atoms with Crippen LogP contribution in [0.3, 0.4) is 0 Å². The number of carbonyl (C=O) groups excluding carboxylic acids is 1. The average Bonchev–Trinajstić information content (AvgIpc) is 2.82. The van der Waals surface area contributed by atoms with Gasteiger partial charge in [-0.3, -0.25) is 10.2 Å². The van der Waals surface area contributed by atoms with Gasteiger partial charge in [0.15, 0.2) is 0 Å². The van der Waals surface area contributed by atoms with Gasteiger partial charge >= 0.3 is 0 Å². The molecule has 3 rings (SSSR count). The lowest BCUT2D eigenvalue weighted by Gasteiger charge is -2.32. The highest BCUT2D eigenvalue weighted by atomic mass is 19.1. The van der Waals surface area contributed by atoms with Gasteiger partial charge < -0.3 is 9.30 Å². The number of hydrazine groups is 1. The molecule has 0 aliphatic carbocycles. The largest absolute Gasteiger partial charge is 0.304 e. The van der Waals surface area contributed by atoms with Crippen molar-refractivity contribution in [3.8, 4) is 0 Å². The molecule has 2 aromatic rings. The number of nitrogens with one attached hydrogen (secondary N) is 1. The van der Waals surface area contributed by atoms with Gasteiger partial charge in [-0.05, 0) is 19.2 Å². The van der Waals surface area contributed by atoms with Crippen LogP contribution in [0.1, 0.15) is 5.69 Å². The van der Waals surface area contributed by atoms with Crippen LogP contribution < -0.4 is 5.43 Å². The predicted molar refractivity (Wildman–Crippen MR) is 76.1 cm³/mol. The fraction of sp³-hybridized carbons (Fsp3) is 0.429. The van der Waals surface area contributed by atoms with Gasteiger partial charge in [0.1, 0.15) is 11.5 Å². The van der Waals surface area contributed by atoms with Crippen LogP contribution in [0.2, 0.25) is 0 Å². The molecule has 0 spiro atoms. The van der Waals surface area contributed by atoms with Gasteiger partial charge in [-0.2, -0.15) is 0 Å². The first kappa shape index (κ1) is 14.0. The Morgan fingerprint density at radius 3 is 2.81 bits per heavy atom. The molecule has 0 unspecified atom stereocenters. The van der Waals surface area contributed by atoms with Crippen molar-refractivity contribution in [3.05, 3.63) is 36.0 Å². The summed E-state index contributed by atoms with van der Waals surface area (Å²) in [5.41, 5.74) is 4.16. The minimum absolute atomic E-state index is 0.0940. The molecule has 21 heavy (non-hydrogen) atoms. The minimum Gasteiger partial charge on any atom is -0.304 e. The Balaban J connectivity index is 1.60. The number of aromatic nitrogens is 2. The summed E-state index contributed by atoms with van der Waals surface area (Å²) in [5, 5.41) is 1.93. The molecule has 0 atom stereocenters. The molecule has 1 fully saturated rings. The molecule has 6 nitrogen and oxygen atoms in total. The van der Waals surface area contributed by atoms with Crippen molar-refractivity contribution < 1.29 is 9.18 Å². The third-order valence-electron chi connectivity index (χ3n) is 3.59. The standard InChI is InChI=1S/C14H18FN5O/c1-18-4-6-20(7-5-18)17-14(21)8-12-10-19-9-11(15)2-3-13(19)16-12/h2-3,9-10H,4-8H2,1H3,(H,17,21). The molecule has 112 valence electrons. The Bertz CT molecular complexity index is 648.